The minimum Gasteiger partial charge on any atom is -0.480 e. The van der Waals surface area contributed by atoms with Gasteiger partial charge in [0.25, 0.3) is 0 Å². The first-order valence-corrected chi connectivity index (χ1v) is 7.80. The van der Waals surface area contributed by atoms with E-state index in [9.17, 15) is 13.2 Å². The molecule has 0 aliphatic heterocycles. The van der Waals surface area contributed by atoms with Crippen molar-refractivity contribution in [1.29, 1.82) is 0 Å². The van der Waals surface area contributed by atoms with Crippen molar-refractivity contribution in [2.45, 2.75) is 6.54 Å². The molecule has 0 saturated carbocycles. The fourth-order valence-corrected chi connectivity index (χ4v) is 2.86. The number of sulfonamides is 1. The Hall–Kier alpha value is -1.44. The van der Waals surface area contributed by atoms with Gasteiger partial charge < -0.3 is 10.0 Å². The van der Waals surface area contributed by atoms with Gasteiger partial charge in [0, 0.05) is 19.6 Å². The molecule has 0 aliphatic carbocycles. The molecule has 0 unspecified atom stereocenters. The SMILES string of the molecule is CN(C)CCN(Cc1ccccc1)S(=O)(=O)CC(=O)O. The summed E-state index contributed by atoms with van der Waals surface area (Å²) in [4.78, 5) is 12.5. The molecule has 0 aromatic heterocycles. The third kappa shape index (κ3) is 5.68. The monoisotopic (exact) mass is 300 g/mol. The topological polar surface area (TPSA) is 77.9 Å². The first kappa shape index (κ1) is 16.6. The molecule has 1 aromatic rings. The summed E-state index contributed by atoms with van der Waals surface area (Å²) in [7, 11) is -0.133. The average Bonchev–Trinajstić information content (AvgIpc) is 2.33. The number of likely N-dealkylation sites (N-methyl/N-ethyl adjacent to an activating group) is 1. The first-order valence-electron chi connectivity index (χ1n) is 6.19. The molecule has 112 valence electrons. The van der Waals surface area contributed by atoms with Crippen molar-refractivity contribution >= 4 is 16.0 Å². The Labute approximate surface area is 119 Å². The van der Waals surface area contributed by atoms with E-state index < -0.39 is 21.7 Å². The van der Waals surface area contributed by atoms with Crippen LogP contribution in [0.1, 0.15) is 5.56 Å². The maximum atomic E-state index is 12.1. The number of carboxylic acids is 1. The van der Waals surface area contributed by atoms with Crippen molar-refractivity contribution < 1.29 is 18.3 Å². The van der Waals surface area contributed by atoms with Gasteiger partial charge >= 0.3 is 5.97 Å². The Balaban J connectivity index is 2.87. The number of benzene rings is 1. The normalized spacial score (nSPS) is 12.0. The number of rotatable bonds is 8. The molecule has 0 bridgehead atoms. The van der Waals surface area contributed by atoms with Crippen LogP contribution in [0.15, 0.2) is 30.3 Å². The van der Waals surface area contributed by atoms with E-state index in [-0.39, 0.29) is 13.1 Å². The van der Waals surface area contributed by atoms with Crippen LogP contribution < -0.4 is 0 Å². The van der Waals surface area contributed by atoms with Crippen molar-refractivity contribution in [2.24, 2.45) is 0 Å². The Morgan fingerprint density at radius 1 is 1.15 bits per heavy atom. The molecule has 0 radical (unpaired) electrons. The number of hydrogen-bond donors (Lipinski definition) is 1. The molecule has 0 heterocycles. The van der Waals surface area contributed by atoms with Crippen LogP contribution in [-0.4, -0.2) is 61.6 Å². The smallest absolute Gasteiger partial charge is 0.320 e. The average molecular weight is 300 g/mol. The maximum absolute atomic E-state index is 12.1. The van der Waals surface area contributed by atoms with Crippen LogP contribution in [0.2, 0.25) is 0 Å². The van der Waals surface area contributed by atoms with E-state index in [1.165, 1.54) is 4.31 Å². The lowest BCUT2D eigenvalue weighted by molar-refractivity contribution is -0.134. The zero-order valence-electron chi connectivity index (χ0n) is 11.7. The second-order valence-corrected chi connectivity index (χ2v) is 6.74. The van der Waals surface area contributed by atoms with Gasteiger partial charge in [-0.25, -0.2) is 8.42 Å². The van der Waals surface area contributed by atoms with Gasteiger partial charge in [0.05, 0.1) is 0 Å². The molecular formula is C13H20N2O4S. The summed E-state index contributed by atoms with van der Waals surface area (Å²) in [6.07, 6.45) is 0. The minimum absolute atomic E-state index is 0.185. The Kier molecular flexibility index (Phi) is 6.12. The standard InChI is InChI=1S/C13H20N2O4S/c1-14(2)8-9-15(20(18,19)11-13(16)17)10-12-6-4-3-5-7-12/h3-7H,8-11H2,1-2H3,(H,16,17). The van der Waals surface area contributed by atoms with Gasteiger partial charge in [0.1, 0.15) is 0 Å². The largest absolute Gasteiger partial charge is 0.480 e. The fourth-order valence-electron chi connectivity index (χ4n) is 1.66. The van der Waals surface area contributed by atoms with E-state index in [4.69, 9.17) is 5.11 Å². The molecule has 0 amide bonds. The zero-order chi connectivity index (χ0) is 15.2. The van der Waals surface area contributed by atoms with Crippen molar-refractivity contribution in [3.05, 3.63) is 35.9 Å². The summed E-state index contributed by atoms with van der Waals surface area (Å²) in [5, 5.41) is 8.73. The van der Waals surface area contributed by atoms with Crippen LogP contribution in [0.4, 0.5) is 0 Å². The van der Waals surface area contributed by atoms with Crippen LogP contribution >= 0.6 is 0 Å². The summed E-state index contributed by atoms with van der Waals surface area (Å²) >= 11 is 0. The lowest BCUT2D eigenvalue weighted by Crippen LogP contribution is -2.39. The molecule has 7 heteroatoms. The molecule has 1 rings (SSSR count). The molecule has 1 aromatic carbocycles. The van der Waals surface area contributed by atoms with Crippen molar-refractivity contribution in [3.63, 3.8) is 0 Å². The van der Waals surface area contributed by atoms with Crippen LogP contribution in [0.3, 0.4) is 0 Å². The van der Waals surface area contributed by atoms with E-state index in [0.29, 0.717) is 6.54 Å². The second kappa shape index (κ2) is 7.37. The van der Waals surface area contributed by atoms with Crippen molar-refractivity contribution in [3.8, 4) is 0 Å². The molecular weight excluding hydrogens is 280 g/mol. The van der Waals surface area contributed by atoms with E-state index in [0.717, 1.165) is 5.56 Å². The summed E-state index contributed by atoms with van der Waals surface area (Å²) in [5.41, 5.74) is 0.834. The van der Waals surface area contributed by atoms with Crippen molar-refractivity contribution in [1.82, 2.24) is 9.21 Å². The Bertz CT molecular complexity index is 529. The Morgan fingerprint density at radius 2 is 1.75 bits per heavy atom. The fraction of sp³-hybridized carbons (Fsp3) is 0.462. The van der Waals surface area contributed by atoms with Gasteiger partial charge in [-0.3, -0.25) is 4.79 Å². The number of carboxylic acid groups (broad SMARTS) is 1. The third-order valence-corrected chi connectivity index (χ3v) is 4.41. The molecule has 1 N–H and O–H groups in total. The summed E-state index contributed by atoms with van der Waals surface area (Å²) in [6.45, 7) is 0.980. The highest BCUT2D eigenvalue weighted by atomic mass is 32.2. The summed E-state index contributed by atoms with van der Waals surface area (Å²) in [6, 6.07) is 9.13. The summed E-state index contributed by atoms with van der Waals surface area (Å²) < 4.78 is 25.4. The van der Waals surface area contributed by atoms with Crippen LogP contribution in [0, 0.1) is 0 Å². The number of aliphatic carboxylic acids is 1. The first-order chi connectivity index (χ1) is 9.31. The lowest BCUT2D eigenvalue weighted by atomic mass is 10.2. The second-order valence-electron chi connectivity index (χ2n) is 4.77. The van der Waals surface area contributed by atoms with Crippen LogP contribution in [0.5, 0.6) is 0 Å². The highest BCUT2D eigenvalue weighted by molar-refractivity contribution is 7.89. The zero-order valence-corrected chi connectivity index (χ0v) is 12.5. The van der Waals surface area contributed by atoms with Gasteiger partial charge in [-0.05, 0) is 19.7 Å². The molecule has 0 aliphatic rings. The highest BCUT2D eigenvalue weighted by Gasteiger charge is 2.25. The van der Waals surface area contributed by atoms with E-state index in [1.807, 2.05) is 49.3 Å². The van der Waals surface area contributed by atoms with Gasteiger partial charge in [0.2, 0.25) is 10.0 Å². The van der Waals surface area contributed by atoms with Crippen LogP contribution in [0.25, 0.3) is 0 Å². The molecule has 0 fully saturated rings. The van der Waals surface area contributed by atoms with Gasteiger partial charge in [-0.2, -0.15) is 4.31 Å². The third-order valence-electron chi connectivity index (χ3n) is 2.70. The number of nitrogens with zero attached hydrogens (tertiary/aromatic N) is 2. The number of hydrogen-bond acceptors (Lipinski definition) is 4. The van der Waals surface area contributed by atoms with E-state index in [1.54, 1.807) is 0 Å². The quantitative estimate of drug-likeness (QED) is 0.755. The lowest BCUT2D eigenvalue weighted by Gasteiger charge is -2.23. The molecule has 20 heavy (non-hydrogen) atoms. The highest BCUT2D eigenvalue weighted by Crippen LogP contribution is 2.10. The maximum Gasteiger partial charge on any atom is 0.320 e. The van der Waals surface area contributed by atoms with Gasteiger partial charge in [0.15, 0.2) is 5.75 Å². The predicted molar refractivity (Wildman–Crippen MR) is 76.8 cm³/mol. The van der Waals surface area contributed by atoms with Gasteiger partial charge in [-0.15, -0.1) is 0 Å². The van der Waals surface area contributed by atoms with Crippen LogP contribution in [-0.2, 0) is 21.4 Å². The molecule has 6 nitrogen and oxygen atoms in total. The van der Waals surface area contributed by atoms with Crippen molar-refractivity contribution in [2.75, 3.05) is 32.9 Å². The Morgan fingerprint density at radius 3 is 2.25 bits per heavy atom. The predicted octanol–water partition coefficient (Wildman–Crippen LogP) is 0.465. The molecule has 0 saturated heterocycles. The van der Waals surface area contributed by atoms with E-state index >= 15 is 0 Å². The minimum atomic E-state index is -3.81. The summed E-state index contributed by atoms with van der Waals surface area (Å²) in [5.74, 6) is -2.22. The van der Waals surface area contributed by atoms with E-state index in [2.05, 4.69) is 0 Å². The molecule has 0 spiro atoms. The number of carbonyl (C=O) groups is 1. The van der Waals surface area contributed by atoms with Gasteiger partial charge in [-0.1, -0.05) is 30.3 Å². The molecule has 0 atom stereocenters.